The van der Waals surface area contributed by atoms with Gasteiger partial charge in [-0.1, -0.05) is 96.1 Å². The molecular weight excluding hydrogens is 621 g/mol. The average molecular weight is 656 g/mol. The van der Waals surface area contributed by atoms with Crippen LogP contribution in [0.4, 0.5) is 8.78 Å². The van der Waals surface area contributed by atoms with E-state index < -0.39 is 11.6 Å². The van der Waals surface area contributed by atoms with Gasteiger partial charge in [0, 0.05) is 33.7 Å². The van der Waals surface area contributed by atoms with Crippen molar-refractivity contribution >= 4 is 39.1 Å². The van der Waals surface area contributed by atoms with Crippen LogP contribution in [0.2, 0.25) is 0 Å². The molecule has 0 unspecified atom stereocenters. The number of amidine groups is 1. The summed E-state index contributed by atoms with van der Waals surface area (Å²) in [7, 11) is 0. The highest BCUT2D eigenvalue weighted by atomic mass is 19.1. The molecule has 0 saturated carbocycles. The predicted octanol–water partition coefficient (Wildman–Crippen LogP) is 11.8. The number of benzene rings is 6. The minimum atomic E-state index is -0.626. The highest BCUT2D eigenvalue weighted by molar-refractivity contribution is 6.16. The highest BCUT2D eigenvalue weighted by Gasteiger charge is 2.20. The van der Waals surface area contributed by atoms with Crippen LogP contribution >= 0.6 is 0 Å². The van der Waals surface area contributed by atoms with Gasteiger partial charge in [0.2, 0.25) is 0 Å². The van der Waals surface area contributed by atoms with Gasteiger partial charge in [-0.05, 0) is 98.3 Å². The van der Waals surface area contributed by atoms with Crippen LogP contribution in [0.3, 0.4) is 0 Å². The third-order valence-electron chi connectivity index (χ3n) is 9.35. The largest absolute Gasteiger partial charge is 0.309 e. The summed E-state index contributed by atoms with van der Waals surface area (Å²) in [6.45, 7) is 4.21. The van der Waals surface area contributed by atoms with Crippen molar-refractivity contribution in [1.29, 1.82) is 0 Å². The second-order valence-electron chi connectivity index (χ2n) is 13.0. The minimum absolute atomic E-state index is 0.454. The molecule has 1 aromatic heterocycles. The molecule has 6 aromatic carbocycles. The number of rotatable bonds is 5. The number of aliphatic imine (C=N–C) groups is 2. The third kappa shape index (κ3) is 6.07. The highest BCUT2D eigenvalue weighted by Crippen LogP contribution is 2.36. The quantitative estimate of drug-likeness (QED) is 0.177. The molecule has 1 aliphatic heterocycles. The van der Waals surface area contributed by atoms with Crippen molar-refractivity contribution in [2.45, 2.75) is 33.1 Å². The number of aryl methyl sites for hydroxylation is 2. The van der Waals surface area contributed by atoms with Crippen LogP contribution in [0.25, 0.3) is 44.3 Å². The Hall–Kier alpha value is -5.94. The lowest BCUT2D eigenvalue weighted by molar-refractivity contribution is 0.584. The first-order chi connectivity index (χ1) is 24.4. The Morgan fingerprint density at radius 2 is 1.18 bits per heavy atom. The third-order valence-corrected chi connectivity index (χ3v) is 9.35. The maximum absolute atomic E-state index is 14.9. The van der Waals surface area contributed by atoms with E-state index >= 15 is 0 Å². The van der Waals surface area contributed by atoms with E-state index in [0.717, 1.165) is 74.5 Å². The zero-order chi connectivity index (χ0) is 34.2. The van der Waals surface area contributed by atoms with E-state index in [2.05, 4.69) is 85.2 Å². The Bertz CT molecular complexity index is 2410. The van der Waals surface area contributed by atoms with Crippen molar-refractivity contribution in [3.05, 3.63) is 179 Å². The Labute approximate surface area is 290 Å². The number of fused-ring (bicyclic) bond motifs is 3. The van der Waals surface area contributed by atoms with Gasteiger partial charge >= 0.3 is 0 Å². The van der Waals surface area contributed by atoms with Crippen molar-refractivity contribution < 1.29 is 8.78 Å². The molecule has 0 aliphatic carbocycles. The fraction of sp³-hybridized carbons (Fsp3) is 0.111. The Kier molecular flexibility index (Phi) is 8.25. The molecule has 0 fully saturated rings. The van der Waals surface area contributed by atoms with Crippen molar-refractivity contribution in [3.8, 4) is 16.8 Å². The van der Waals surface area contributed by atoms with Crippen LogP contribution in [0.1, 0.15) is 47.1 Å². The normalized spacial score (nSPS) is 14.8. The lowest BCUT2D eigenvalue weighted by Gasteiger charge is -2.17. The molecule has 5 heteroatoms. The summed E-state index contributed by atoms with van der Waals surface area (Å²) in [5, 5.41) is 2.33. The van der Waals surface area contributed by atoms with Crippen LogP contribution in [0.5, 0.6) is 0 Å². The first-order valence-electron chi connectivity index (χ1n) is 17.0. The lowest BCUT2D eigenvalue weighted by atomic mass is 9.93. The average Bonchev–Trinajstić information content (AvgIpc) is 3.49. The van der Waals surface area contributed by atoms with Gasteiger partial charge in [0.25, 0.3) is 0 Å². The number of hydrogen-bond donors (Lipinski definition) is 0. The predicted molar refractivity (Wildman–Crippen MR) is 203 cm³/mol. The number of allylic oxidation sites excluding steroid dienone is 1. The van der Waals surface area contributed by atoms with Gasteiger partial charge in [0.05, 0.1) is 22.4 Å². The summed E-state index contributed by atoms with van der Waals surface area (Å²) in [6, 6.07) is 43.0. The molecule has 0 spiro atoms. The van der Waals surface area contributed by atoms with Gasteiger partial charge in [0.1, 0.15) is 11.6 Å². The first-order valence-corrected chi connectivity index (χ1v) is 17.0. The van der Waals surface area contributed by atoms with Crippen molar-refractivity contribution in [1.82, 2.24) is 4.57 Å². The van der Waals surface area contributed by atoms with E-state index in [1.165, 1.54) is 23.3 Å². The molecule has 50 heavy (non-hydrogen) atoms. The number of nitrogens with zero attached hydrogens (tertiary/aromatic N) is 3. The van der Waals surface area contributed by atoms with E-state index in [9.17, 15) is 8.78 Å². The summed E-state index contributed by atoms with van der Waals surface area (Å²) in [5.74, 6) is -0.663. The monoisotopic (exact) mass is 655 g/mol. The topological polar surface area (TPSA) is 29.6 Å². The van der Waals surface area contributed by atoms with Crippen LogP contribution in [-0.4, -0.2) is 16.1 Å². The molecule has 0 radical (unpaired) electrons. The molecule has 0 amide bonds. The van der Waals surface area contributed by atoms with Crippen molar-refractivity contribution in [2.24, 2.45) is 9.98 Å². The minimum Gasteiger partial charge on any atom is -0.309 e. The zero-order valence-electron chi connectivity index (χ0n) is 28.0. The Morgan fingerprint density at radius 3 is 1.82 bits per heavy atom. The smallest absolute Gasteiger partial charge is 0.160 e. The van der Waals surface area contributed by atoms with Gasteiger partial charge in [-0.25, -0.2) is 18.8 Å². The molecule has 2 heterocycles. The van der Waals surface area contributed by atoms with E-state index in [-0.39, 0.29) is 0 Å². The van der Waals surface area contributed by atoms with E-state index in [4.69, 9.17) is 9.98 Å². The molecule has 1 aliphatic rings. The lowest BCUT2D eigenvalue weighted by Crippen LogP contribution is -2.09. The van der Waals surface area contributed by atoms with Gasteiger partial charge in [-0.15, -0.1) is 0 Å². The maximum Gasteiger partial charge on any atom is 0.160 e. The Balaban J connectivity index is 1.37. The summed E-state index contributed by atoms with van der Waals surface area (Å²) < 4.78 is 32.1. The molecule has 244 valence electrons. The maximum atomic E-state index is 14.9. The summed E-state index contributed by atoms with van der Waals surface area (Å²) in [5.41, 5.74) is 11.0. The van der Waals surface area contributed by atoms with E-state index in [0.29, 0.717) is 23.4 Å². The molecule has 8 rings (SSSR count). The molecule has 7 aromatic rings. The second-order valence-corrected chi connectivity index (χ2v) is 13.0. The zero-order valence-corrected chi connectivity index (χ0v) is 28.0. The fourth-order valence-corrected chi connectivity index (χ4v) is 6.98. The fourth-order valence-electron chi connectivity index (χ4n) is 6.98. The summed E-state index contributed by atoms with van der Waals surface area (Å²) in [6.07, 6.45) is 4.46. The van der Waals surface area contributed by atoms with Crippen LogP contribution in [0, 0.1) is 25.5 Å². The molecule has 0 N–H and O–H groups in total. The van der Waals surface area contributed by atoms with Gasteiger partial charge in [-0.2, -0.15) is 0 Å². The SMILES string of the molecule is Cc1ccc2c(c1)c1cc(C)ccc1n2-c1ccc(C2=NC(c3ccccc3)=N/C(c3ccccc3)=C\CCC2)c(-c2cc(F)cc(F)c2)c1. The van der Waals surface area contributed by atoms with Crippen LogP contribution in [-0.2, 0) is 0 Å². The van der Waals surface area contributed by atoms with Crippen LogP contribution in [0.15, 0.2) is 150 Å². The van der Waals surface area contributed by atoms with Gasteiger partial charge < -0.3 is 4.57 Å². The van der Waals surface area contributed by atoms with Gasteiger partial charge in [0.15, 0.2) is 5.84 Å². The summed E-state index contributed by atoms with van der Waals surface area (Å²) in [4.78, 5) is 10.4. The van der Waals surface area contributed by atoms with Crippen molar-refractivity contribution in [3.63, 3.8) is 0 Å². The molecular formula is C45H35F2N3. The first kappa shape index (κ1) is 31.3. The van der Waals surface area contributed by atoms with E-state index in [1.54, 1.807) is 0 Å². The van der Waals surface area contributed by atoms with Crippen molar-refractivity contribution in [2.75, 3.05) is 0 Å². The standard InChI is InChI=1S/C45H35F2N3/c1-29-17-21-43-39(23-29)40-24-30(2)18-22-44(40)50(43)36-19-20-37(38(28-36)33-25-34(46)27-35(47)26-33)42-16-10-9-15-41(31-11-5-3-6-12-31)48-45(49-42)32-13-7-4-8-14-32/h3-8,11-15,17-28H,9-10,16H2,1-2H3/b41-15-,48-45?,49-42?. The van der Waals surface area contributed by atoms with Crippen LogP contribution < -0.4 is 0 Å². The molecule has 0 saturated heterocycles. The molecule has 0 bridgehead atoms. The summed E-state index contributed by atoms with van der Waals surface area (Å²) >= 11 is 0. The number of aromatic nitrogens is 1. The molecule has 0 atom stereocenters. The van der Waals surface area contributed by atoms with Gasteiger partial charge in [-0.3, -0.25) is 0 Å². The number of hydrogen-bond acceptors (Lipinski definition) is 2. The Morgan fingerprint density at radius 1 is 0.560 bits per heavy atom. The number of halogens is 2. The van der Waals surface area contributed by atoms with E-state index in [1.807, 2.05) is 54.6 Å². The second kappa shape index (κ2) is 13.2. The molecule has 3 nitrogen and oxygen atoms in total.